The van der Waals surface area contributed by atoms with Gasteiger partial charge < -0.3 is 5.32 Å². The molecule has 1 aromatic rings. The van der Waals surface area contributed by atoms with Gasteiger partial charge in [-0.3, -0.25) is 4.79 Å². The molecule has 0 aliphatic heterocycles. The molecule has 2 atom stereocenters. The van der Waals surface area contributed by atoms with Crippen molar-refractivity contribution in [3.63, 3.8) is 0 Å². The zero-order valence-corrected chi connectivity index (χ0v) is 13.0. The molecule has 1 aromatic heterocycles. The molecule has 2 rings (SSSR count). The lowest BCUT2D eigenvalue weighted by Crippen LogP contribution is -2.29. The first kappa shape index (κ1) is 15.3. The van der Waals surface area contributed by atoms with Crippen LogP contribution in [0.25, 0.3) is 0 Å². The molecule has 1 fully saturated rings. The molecule has 20 heavy (non-hydrogen) atoms. The summed E-state index contributed by atoms with van der Waals surface area (Å²) in [5, 5.41) is 8.24. The van der Waals surface area contributed by atoms with Crippen molar-refractivity contribution in [1.82, 2.24) is 9.78 Å². The summed E-state index contributed by atoms with van der Waals surface area (Å²) in [6.07, 6.45) is 9.99. The first-order valence-electron chi connectivity index (χ1n) is 6.73. The zero-order chi connectivity index (χ0) is 14.5. The number of aromatic nitrogens is 2. The van der Waals surface area contributed by atoms with E-state index in [4.69, 9.17) is 18.0 Å². The number of halogens is 1. The van der Waals surface area contributed by atoms with Crippen molar-refractivity contribution in [2.45, 2.75) is 44.0 Å². The lowest BCUT2D eigenvalue weighted by molar-refractivity contribution is 0.659. The van der Waals surface area contributed by atoms with Crippen molar-refractivity contribution in [1.29, 1.82) is 0 Å². The Morgan fingerprint density at radius 1 is 1.65 bits per heavy atom. The average molecular weight is 312 g/mol. The Morgan fingerprint density at radius 3 is 3.15 bits per heavy atom. The number of hydrogen-bond acceptors (Lipinski definition) is 4. The molecule has 1 aliphatic carbocycles. The maximum Gasteiger partial charge on any atom is 0.292 e. The van der Waals surface area contributed by atoms with E-state index in [1.54, 1.807) is 0 Å². The number of thioether (sulfide) groups is 1. The molecule has 1 N–H and O–H groups in total. The second kappa shape index (κ2) is 7.05. The van der Waals surface area contributed by atoms with Gasteiger partial charge in [-0.1, -0.05) is 24.4 Å². The standard InChI is InChI=1S/C14H18ClN3OS/c1-3-7-18-14(19)13(12(15)9-16-18)17-10-5-6-11(8-10)20-4-2/h1,9-11,17H,4-8H2,2H3. The minimum Gasteiger partial charge on any atom is -0.376 e. The van der Waals surface area contributed by atoms with Crippen LogP contribution in [0.1, 0.15) is 26.2 Å². The van der Waals surface area contributed by atoms with E-state index in [2.05, 4.69) is 23.3 Å². The highest BCUT2D eigenvalue weighted by molar-refractivity contribution is 7.99. The fourth-order valence-electron chi connectivity index (χ4n) is 2.46. The van der Waals surface area contributed by atoms with E-state index < -0.39 is 0 Å². The minimum absolute atomic E-state index is 0.156. The van der Waals surface area contributed by atoms with Crippen LogP contribution in [0.4, 0.5) is 5.69 Å². The van der Waals surface area contributed by atoms with Crippen LogP contribution in [-0.2, 0) is 6.54 Å². The molecule has 2 unspecified atom stereocenters. The molecule has 1 heterocycles. The molecule has 6 heteroatoms. The van der Waals surface area contributed by atoms with Crippen LogP contribution < -0.4 is 10.9 Å². The van der Waals surface area contributed by atoms with Gasteiger partial charge in [-0.2, -0.15) is 16.9 Å². The maximum atomic E-state index is 12.2. The number of hydrogen-bond donors (Lipinski definition) is 1. The van der Waals surface area contributed by atoms with Gasteiger partial charge in [-0.15, -0.1) is 6.42 Å². The monoisotopic (exact) mass is 311 g/mol. The van der Waals surface area contributed by atoms with Crippen molar-refractivity contribution in [3.8, 4) is 12.3 Å². The second-order valence-electron chi connectivity index (χ2n) is 4.77. The van der Waals surface area contributed by atoms with Crippen molar-refractivity contribution >= 4 is 29.1 Å². The largest absolute Gasteiger partial charge is 0.376 e. The van der Waals surface area contributed by atoms with Gasteiger partial charge in [-0.25, -0.2) is 4.68 Å². The molecule has 0 radical (unpaired) electrons. The van der Waals surface area contributed by atoms with E-state index >= 15 is 0 Å². The highest BCUT2D eigenvalue weighted by atomic mass is 35.5. The molecular weight excluding hydrogens is 294 g/mol. The molecule has 1 saturated carbocycles. The molecule has 0 aromatic carbocycles. The Kier molecular flexibility index (Phi) is 5.38. The summed E-state index contributed by atoms with van der Waals surface area (Å²) in [5.41, 5.74) is 0.172. The van der Waals surface area contributed by atoms with Crippen LogP contribution >= 0.6 is 23.4 Å². The second-order valence-corrected chi connectivity index (χ2v) is 6.75. The van der Waals surface area contributed by atoms with Crippen molar-refractivity contribution in [2.24, 2.45) is 0 Å². The predicted octanol–water partition coefficient (Wildman–Crippen LogP) is 2.62. The fourth-order valence-corrected chi connectivity index (χ4v) is 3.78. The van der Waals surface area contributed by atoms with Crippen LogP contribution in [0, 0.1) is 12.3 Å². The molecule has 4 nitrogen and oxygen atoms in total. The van der Waals surface area contributed by atoms with Gasteiger partial charge in [0.25, 0.3) is 5.56 Å². The van der Waals surface area contributed by atoms with Crippen LogP contribution in [-0.4, -0.2) is 26.8 Å². The summed E-state index contributed by atoms with van der Waals surface area (Å²) in [6.45, 7) is 2.33. The lowest BCUT2D eigenvalue weighted by atomic mass is 10.2. The number of terminal acetylenes is 1. The van der Waals surface area contributed by atoms with Gasteiger partial charge in [-0.05, 0) is 25.0 Å². The lowest BCUT2D eigenvalue weighted by Gasteiger charge is -2.15. The molecule has 0 spiro atoms. The number of nitrogens with zero attached hydrogens (tertiary/aromatic N) is 2. The summed E-state index contributed by atoms with van der Waals surface area (Å²) in [6, 6.07) is 0.297. The summed E-state index contributed by atoms with van der Waals surface area (Å²) in [4.78, 5) is 12.2. The van der Waals surface area contributed by atoms with E-state index in [1.165, 1.54) is 17.3 Å². The summed E-state index contributed by atoms with van der Waals surface area (Å²) in [5.74, 6) is 3.54. The molecule has 0 bridgehead atoms. The Labute approximate surface area is 128 Å². The van der Waals surface area contributed by atoms with E-state index in [9.17, 15) is 4.79 Å². The Hall–Kier alpha value is -1.12. The topological polar surface area (TPSA) is 46.9 Å². The Balaban J connectivity index is 2.12. The smallest absolute Gasteiger partial charge is 0.292 e. The van der Waals surface area contributed by atoms with Crippen molar-refractivity contribution < 1.29 is 0 Å². The molecule has 0 saturated heterocycles. The van der Waals surface area contributed by atoms with Gasteiger partial charge >= 0.3 is 0 Å². The van der Waals surface area contributed by atoms with Gasteiger partial charge in [0.05, 0.1) is 11.2 Å². The van der Waals surface area contributed by atoms with E-state index in [-0.39, 0.29) is 12.1 Å². The summed E-state index contributed by atoms with van der Waals surface area (Å²) in [7, 11) is 0. The van der Waals surface area contributed by atoms with Gasteiger partial charge in [0.15, 0.2) is 0 Å². The quantitative estimate of drug-likeness (QED) is 0.849. The first-order chi connectivity index (χ1) is 9.65. The van der Waals surface area contributed by atoms with Crippen molar-refractivity contribution in [2.75, 3.05) is 11.1 Å². The summed E-state index contributed by atoms with van der Waals surface area (Å²) >= 11 is 8.06. The average Bonchev–Trinajstić information content (AvgIpc) is 2.86. The van der Waals surface area contributed by atoms with Gasteiger partial charge in [0.2, 0.25) is 0 Å². The fraction of sp³-hybridized carbons (Fsp3) is 0.571. The maximum absolute atomic E-state index is 12.2. The molecular formula is C14H18ClN3OS. The third-order valence-electron chi connectivity index (χ3n) is 3.37. The van der Waals surface area contributed by atoms with Gasteiger partial charge in [0.1, 0.15) is 12.2 Å². The zero-order valence-electron chi connectivity index (χ0n) is 11.4. The van der Waals surface area contributed by atoms with E-state index in [0.717, 1.165) is 18.6 Å². The molecule has 1 aliphatic rings. The highest BCUT2D eigenvalue weighted by Gasteiger charge is 2.25. The number of rotatable bonds is 5. The van der Waals surface area contributed by atoms with Crippen LogP contribution in [0.15, 0.2) is 11.0 Å². The molecule has 0 amide bonds. The first-order valence-corrected chi connectivity index (χ1v) is 8.15. The number of anilines is 1. The third kappa shape index (κ3) is 3.50. The predicted molar refractivity (Wildman–Crippen MR) is 85.5 cm³/mol. The normalized spacial score (nSPS) is 21.6. The highest BCUT2D eigenvalue weighted by Crippen LogP contribution is 2.31. The van der Waals surface area contributed by atoms with Crippen LogP contribution in [0.3, 0.4) is 0 Å². The number of nitrogens with one attached hydrogen (secondary N) is 1. The Morgan fingerprint density at radius 2 is 2.45 bits per heavy atom. The summed E-state index contributed by atoms with van der Waals surface area (Å²) < 4.78 is 1.25. The van der Waals surface area contributed by atoms with Crippen LogP contribution in [0.2, 0.25) is 5.02 Å². The van der Waals surface area contributed by atoms with E-state index in [0.29, 0.717) is 22.0 Å². The Bertz CT molecular complexity index is 567. The van der Waals surface area contributed by atoms with Crippen molar-refractivity contribution in [3.05, 3.63) is 21.6 Å². The molecule has 108 valence electrons. The minimum atomic E-state index is -0.248. The van der Waals surface area contributed by atoms with Crippen LogP contribution in [0.5, 0.6) is 0 Å². The van der Waals surface area contributed by atoms with E-state index in [1.807, 2.05) is 11.8 Å². The third-order valence-corrected chi connectivity index (χ3v) is 4.89. The van der Waals surface area contributed by atoms with Gasteiger partial charge in [0, 0.05) is 11.3 Å². The SMILES string of the molecule is C#CCn1ncc(Cl)c(NC2CCC(SCC)C2)c1=O.